The fourth-order valence-electron chi connectivity index (χ4n) is 1.72. The van der Waals surface area contributed by atoms with E-state index in [1.54, 1.807) is 47.8 Å². The summed E-state index contributed by atoms with van der Waals surface area (Å²) in [5, 5.41) is 18.4. The summed E-state index contributed by atoms with van der Waals surface area (Å²) in [6.07, 6.45) is 0.357. The molecule has 0 bridgehead atoms. The number of benzene rings is 2. The molecule has 0 amide bonds. The molecule has 0 fully saturated rings. The molecule has 122 valence electrons. The van der Waals surface area contributed by atoms with Gasteiger partial charge in [-0.1, -0.05) is 0 Å². The van der Waals surface area contributed by atoms with E-state index in [1.807, 2.05) is 24.3 Å². The maximum atomic E-state index is 11.6. The maximum Gasteiger partial charge on any atom is 0.306 e. The van der Waals surface area contributed by atoms with Gasteiger partial charge in [0.2, 0.25) is 0 Å². The predicted octanol–water partition coefficient (Wildman–Crippen LogP) is 3.92. The van der Waals surface area contributed by atoms with Crippen molar-refractivity contribution < 1.29 is 19.7 Å². The summed E-state index contributed by atoms with van der Waals surface area (Å²) in [5.41, 5.74) is 0. The topological polar surface area (TPSA) is 66.8 Å². The predicted molar refractivity (Wildman–Crippen MR) is 93.2 cm³/mol. The Kier molecular flexibility index (Phi) is 7.16. The molecule has 2 aromatic rings. The second kappa shape index (κ2) is 9.37. The zero-order chi connectivity index (χ0) is 16.5. The lowest BCUT2D eigenvalue weighted by Gasteiger charge is -2.05. The summed E-state index contributed by atoms with van der Waals surface area (Å²) >= 11 is 3.13. The molecule has 0 radical (unpaired) electrons. The van der Waals surface area contributed by atoms with E-state index in [1.165, 1.54) is 0 Å². The summed E-state index contributed by atoms with van der Waals surface area (Å²) in [4.78, 5) is 13.7. The van der Waals surface area contributed by atoms with E-state index >= 15 is 0 Å². The summed E-state index contributed by atoms with van der Waals surface area (Å²) in [6, 6.07) is 13.8. The van der Waals surface area contributed by atoms with Crippen molar-refractivity contribution in [1.29, 1.82) is 0 Å². The second-order valence-corrected chi connectivity index (χ2v) is 6.99. The third kappa shape index (κ3) is 6.88. The van der Waals surface area contributed by atoms with Crippen molar-refractivity contribution in [3.63, 3.8) is 0 Å². The zero-order valence-electron chi connectivity index (χ0n) is 12.5. The van der Waals surface area contributed by atoms with Crippen LogP contribution in [0.5, 0.6) is 11.5 Å². The van der Waals surface area contributed by atoms with Gasteiger partial charge in [0.1, 0.15) is 18.1 Å². The van der Waals surface area contributed by atoms with Gasteiger partial charge in [0.25, 0.3) is 0 Å². The van der Waals surface area contributed by atoms with Crippen LogP contribution in [0.4, 0.5) is 0 Å². The fourth-order valence-corrected chi connectivity index (χ4v) is 3.29. The molecule has 0 atom stereocenters. The lowest BCUT2D eigenvalue weighted by atomic mass is 10.3. The van der Waals surface area contributed by atoms with E-state index in [9.17, 15) is 15.0 Å². The molecule has 2 rings (SSSR count). The minimum atomic E-state index is -0.206. The molecular formula is C17H18O4S2. The number of aromatic hydroxyl groups is 2. The number of carbonyl (C=O) groups is 1. The van der Waals surface area contributed by atoms with E-state index in [-0.39, 0.29) is 17.5 Å². The standard InChI is InChI=1S/C17H18O4S2/c18-13-1-5-15(6-2-13)22-11-9-17(20)21-10-12-23-16-7-3-14(19)4-8-16/h1-8,18-19H,9-12H2. The van der Waals surface area contributed by atoms with Gasteiger partial charge >= 0.3 is 5.97 Å². The molecule has 23 heavy (non-hydrogen) atoms. The maximum absolute atomic E-state index is 11.6. The van der Waals surface area contributed by atoms with Gasteiger partial charge < -0.3 is 14.9 Å². The molecule has 0 aliphatic carbocycles. The van der Waals surface area contributed by atoms with Crippen LogP contribution in [0.15, 0.2) is 58.3 Å². The monoisotopic (exact) mass is 350 g/mol. The molecule has 4 nitrogen and oxygen atoms in total. The van der Waals surface area contributed by atoms with Crippen molar-refractivity contribution in [3.05, 3.63) is 48.5 Å². The minimum Gasteiger partial charge on any atom is -0.508 e. The van der Waals surface area contributed by atoms with Crippen molar-refractivity contribution in [3.8, 4) is 11.5 Å². The molecule has 0 aliphatic rings. The number of phenolic OH excluding ortho intramolecular Hbond substituents is 2. The molecule has 0 unspecified atom stereocenters. The lowest BCUT2D eigenvalue weighted by molar-refractivity contribution is -0.142. The highest BCUT2D eigenvalue weighted by Gasteiger charge is 2.04. The van der Waals surface area contributed by atoms with Crippen molar-refractivity contribution in [2.45, 2.75) is 16.2 Å². The number of hydrogen-bond acceptors (Lipinski definition) is 6. The van der Waals surface area contributed by atoms with Gasteiger partial charge in [-0.15, -0.1) is 23.5 Å². The number of phenols is 2. The smallest absolute Gasteiger partial charge is 0.306 e. The normalized spacial score (nSPS) is 10.4. The zero-order valence-corrected chi connectivity index (χ0v) is 14.1. The van der Waals surface area contributed by atoms with E-state index in [0.717, 1.165) is 9.79 Å². The van der Waals surface area contributed by atoms with Crippen molar-refractivity contribution in [1.82, 2.24) is 0 Å². The summed E-state index contributed by atoms with van der Waals surface area (Å²) in [6.45, 7) is 0.369. The number of carbonyl (C=O) groups excluding carboxylic acids is 1. The Morgan fingerprint density at radius 1 is 0.826 bits per heavy atom. The Labute approximate surface area is 143 Å². The van der Waals surface area contributed by atoms with Crippen LogP contribution in [0.25, 0.3) is 0 Å². The number of esters is 1. The van der Waals surface area contributed by atoms with E-state index in [2.05, 4.69) is 0 Å². The Bertz CT molecular complexity index is 611. The van der Waals surface area contributed by atoms with E-state index < -0.39 is 0 Å². The first-order valence-electron chi connectivity index (χ1n) is 7.13. The van der Waals surface area contributed by atoms with Crippen LogP contribution in [-0.4, -0.2) is 34.3 Å². The van der Waals surface area contributed by atoms with Crippen LogP contribution in [0.1, 0.15) is 6.42 Å². The minimum absolute atomic E-state index is 0.206. The van der Waals surface area contributed by atoms with Crippen LogP contribution >= 0.6 is 23.5 Å². The van der Waals surface area contributed by atoms with Crippen LogP contribution in [0, 0.1) is 0 Å². The van der Waals surface area contributed by atoms with Gasteiger partial charge in [-0.05, 0) is 48.5 Å². The molecule has 0 aromatic heterocycles. The Morgan fingerprint density at radius 3 is 1.83 bits per heavy atom. The Morgan fingerprint density at radius 2 is 1.30 bits per heavy atom. The first-order valence-corrected chi connectivity index (χ1v) is 9.10. The molecule has 0 spiro atoms. The van der Waals surface area contributed by atoms with E-state index in [4.69, 9.17) is 4.74 Å². The molecule has 2 N–H and O–H groups in total. The van der Waals surface area contributed by atoms with Crippen molar-refractivity contribution >= 4 is 29.5 Å². The van der Waals surface area contributed by atoms with Gasteiger partial charge in [-0.2, -0.15) is 0 Å². The van der Waals surface area contributed by atoms with Crippen LogP contribution in [0.3, 0.4) is 0 Å². The first kappa shape index (κ1) is 17.6. The highest BCUT2D eigenvalue weighted by molar-refractivity contribution is 7.99. The van der Waals surface area contributed by atoms with Gasteiger partial charge in [0, 0.05) is 21.3 Å². The second-order valence-electron chi connectivity index (χ2n) is 4.66. The average Bonchev–Trinajstić information content (AvgIpc) is 2.55. The number of ether oxygens (including phenoxy) is 1. The lowest BCUT2D eigenvalue weighted by Crippen LogP contribution is -2.08. The molecule has 2 aromatic carbocycles. The third-order valence-corrected chi connectivity index (χ3v) is 4.85. The number of rotatable bonds is 8. The third-order valence-electron chi connectivity index (χ3n) is 2.86. The molecule has 0 saturated carbocycles. The van der Waals surface area contributed by atoms with Gasteiger partial charge in [-0.25, -0.2) is 0 Å². The first-order chi connectivity index (χ1) is 11.1. The van der Waals surface area contributed by atoms with Crippen LogP contribution < -0.4 is 0 Å². The largest absolute Gasteiger partial charge is 0.508 e. The molecule has 0 saturated heterocycles. The average molecular weight is 350 g/mol. The molecule has 6 heteroatoms. The molecule has 0 aliphatic heterocycles. The summed E-state index contributed by atoms with van der Waals surface area (Å²) in [7, 11) is 0. The Hall–Kier alpha value is -1.79. The fraction of sp³-hybridized carbons (Fsp3) is 0.235. The highest BCUT2D eigenvalue weighted by atomic mass is 32.2. The SMILES string of the molecule is O=C(CCSc1ccc(O)cc1)OCCSc1ccc(O)cc1. The van der Waals surface area contributed by atoms with Crippen LogP contribution in [-0.2, 0) is 9.53 Å². The number of hydrogen-bond donors (Lipinski definition) is 2. The quantitative estimate of drug-likeness (QED) is 0.427. The van der Waals surface area contributed by atoms with Crippen molar-refractivity contribution in [2.75, 3.05) is 18.1 Å². The van der Waals surface area contributed by atoms with Gasteiger partial charge in [-0.3, -0.25) is 4.79 Å². The van der Waals surface area contributed by atoms with Gasteiger partial charge in [0.15, 0.2) is 0 Å². The Balaban J connectivity index is 1.56. The van der Waals surface area contributed by atoms with Crippen molar-refractivity contribution in [2.24, 2.45) is 0 Å². The summed E-state index contributed by atoms with van der Waals surface area (Å²) < 4.78 is 5.18. The summed E-state index contributed by atoms with van der Waals surface area (Å²) in [5.74, 6) is 1.60. The van der Waals surface area contributed by atoms with Gasteiger partial charge in [0.05, 0.1) is 6.42 Å². The van der Waals surface area contributed by atoms with Crippen LogP contribution in [0.2, 0.25) is 0 Å². The van der Waals surface area contributed by atoms with E-state index in [0.29, 0.717) is 24.5 Å². The number of thioether (sulfide) groups is 2. The molecule has 0 heterocycles. The molecular weight excluding hydrogens is 332 g/mol. The highest BCUT2D eigenvalue weighted by Crippen LogP contribution is 2.22.